The van der Waals surface area contributed by atoms with Gasteiger partial charge in [0.1, 0.15) is 5.82 Å². The fourth-order valence-corrected chi connectivity index (χ4v) is 5.32. The van der Waals surface area contributed by atoms with Gasteiger partial charge in [-0.2, -0.15) is 0 Å². The molecular formula is C22H23FN2. The smallest absolute Gasteiger partial charge is 0.123 e. The molecule has 0 aromatic heterocycles. The number of benzene rings is 2. The highest BCUT2D eigenvalue weighted by Gasteiger charge is 2.47. The largest absolute Gasteiger partial charge is 0.362 e. The first-order chi connectivity index (χ1) is 12.1. The molecule has 2 aromatic rings. The van der Waals surface area contributed by atoms with E-state index in [0.717, 1.165) is 31.5 Å². The van der Waals surface area contributed by atoms with Gasteiger partial charge in [-0.05, 0) is 54.3 Å². The van der Waals surface area contributed by atoms with E-state index in [2.05, 4.69) is 47.7 Å². The summed E-state index contributed by atoms with van der Waals surface area (Å²) < 4.78 is 14.1. The maximum atomic E-state index is 14.1. The van der Waals surface area contributed by atoms with E-state index in [4.69, 9.17) is 0 Å². The van der Waals surface area contributed by atoms with Crippen LogP contribution in [0.2, 0.25) is 0 Å². The molecule has 2 heterocycles. The first kappa shape index (κ1) is 15.2. The molecule has 128 valence electrons. The van der Waals surface area contributed by atoms with Crippen LogP contribution >= 0.6 is 0 Å². The Morgan fingerprint density at radius 2 is 1.88 bits per heavy atom. The molecule has 2 aliphatic heterocycles. The third-order valence-corrected chi connectivity index (χ3v) is 6.20. The zero-order valence-corrected chi connectivity index (χ0v) is 14.6. The lowest BCUT2D eigenvalue weighted by Gasteiger charge is -2.42. The van der Waals surface area contributed by atoms with Gasteiger partial charge >= 0.3 is 0 Å². The highest BCUT2D eigenvalue weighted by atomic mass is 19.1. The van der Waals surface area contributed by atoms with Crippen molar-refractivity contribution in [1.29, 1.82) is 0 Å². The van der Waals surface area contributed by atoms with E-state index in [9.17, 15) is 4.39 Å². The van der Waals surface area contributed by atoms with Gasteiger partial charge in [-0.25, -0.2) is 4.39 Å². The highest BCUT2D eigenvalue weighted by molar-refractivity contribution is 5.47. The molecule has 2 aromatic carbocycles. The predicted molar refractivity (Wildman–Crippen MR) is 98.0 cm³/mol. The number of rotatable bonds is 0. The van der Waals surface area contributed by atoms with Crippen LogP contribution in [0.3, 0.4) is 0 Å². The van der Waals surface area contributed by atoms with Crippen LogP contribution in [0.4, 0.5) is 4.39 Å². The lowest BCUT2D eigenvalue weighted by Crippen LogP contribution is -2.47. The molecule has 3 heteroatoms. The van der Waals surface area contributed by atoms with Gasteiger partial charge in [0.25, 0.3) is 0 Å². The number of halogens is 1. The van der Waals surface area contributed by atoms with E-state index in [1.807, 2.05) is 6.07 Å². The average molecular weight is 334 g/mol. The Hall–Kier alpha value is -2.13. The number of piperazine rings is 1. The molecule has 25 heavy (non-hydrogen) atoms. The third kappa shape index (κ3) is 2.26. The van der Waals surface area contributed by atoms with E-state index >= 15 is 0 Å². The van der Waals surface area contributed by atoms with E-state index in [0.29, 0.717) is 12.0 Å². The molecule has 0 unspecified atom stereocenters. The van der Waals surface area contributed by atoms with Crippen molar-refractivity contribution in [2.45, 2.75) is 30.8 Å². The van der Waals surface area contributed by atoms with Gasteiger partial charge in [0.05, 0.1) is 6.04 Å². The average Bonchev–Trinajstić information content (AvgIpc) is 2.90. The van der Waals surface area contributed by atoms with Crippen molar-refractivity contribution in [1.82, 2.24) is 9.80 Å². The minimum Gasteiger partial charge on any atom is -0.362 e. The number of nitrogens with zero attached hydrogens (tertiary/aromatic N) is 2. The van der Waals surface area contributed by atoms with Crippen LogP contribution in [-0.2, 0) is 6.42 Å². The van der Waals surface area contributed by atoms with Crippen molar-refractivity contribution in [3.63, 3.8) is 0 Å². The molecule has 0 N–H and O–H groups in total. The van der Waals surface area contributed by atoms with Crippen molar-refractivity contribution in [2.75, 3.05) is 20.1 Å². The second kappa shape index (κ2) is 5.43. The predicted octanol–water partition coefficient (Wildman–Crippen LogP) is 4.09. The summed E-state index contributed by atoms with van der Waals surface area (Å²) in [5, 5.41) is 0. The standard InChI is InChI=1S/C22H23FN2/c1-14-12-24(2)13-18-11-21-19-6-4-3-5-15(19)9-16-7-8-17(23)10-20(16)22(21)25(14)18/h3-8,10,18,21-22H,1,9,11-13H2,2H3/t18-,21-,22-/m1/s1. The Bertz CT molecular complexity index is 859. The van der Waals surface area contributed by atoms with Crippen molar-refractivity contribution in [2.24, 2.45) is 0 Å². The van der Waals surface area contributed by atoms with Gasteiger partial charge in [0, 0.05) is 30.7 Å². The van der Waals surface area contributed by atoms with Gasteiger partial charge < -0.3 is 4.90 Å². The molecule has 0 radical (unpaired) electrons. The van der Waals surface area contributed by atoms with Crippen molar-refractivity contribution < 1.29 is 4.39 Å². The lowest BCUT2D eigenvalue weighted by molar-refractivity contribution is 0.139. The fourth-order valence-electron chi connectivity index (χ4n) is 5.32. The minimum absolute atomic E-state index is 0.133. The normalized spacial score (nSPS) is 28.0. The summed E-state index contributed by atoms with van der Waals surface area (Å²) in [5.74, 6) is 0.277. The molecule has 2 saturated heterocycles. The number of likely N-dealkylation sites (N-methyl/N-ethyl adjacent to an activating group) is 1. The van der Waals surface area contributed by atoms with Crippen molar-refractivity contribution in [3.8, 4) is 0 Å². The van der Waals surface area contributed by atoms with E-state index in [-0.39, 0.29) is 11.9 Å². The third-order valence-electron chi connectivity index (χ3n) is 6.20. The highest BCUT2D eigenvalue weighted by Crippen LogP contribution is 2.53. The Morgan fingerprint density at radius 1 is 1.08 bits per heavy atom. The summed E-state index contributed by atoms with van der Waals surface area (Å²) in [6, 6.07) is 14.8. The number of fused-ring (bicyclic) bond motifs is 7. The molecule has 5 rings (SSSR count). The van der Waals surface area contributed by atoms with Crippen LogP contribution in [0.5, 0.6) is 0 Å². The summed E-state index contributed by atoms with van der Waals surface area (Å²) in [6.45, 7) is 6.32. The van der Waals surface area contributed by atoms with Crippen LogP contribution in [0.25, 0.3) is 0 Å². The van der Waals surface area contributed by atoms with Crippen LogP contribution in [0, 0.1) is 5.82 Å². The summed E-state index contributed by atoms with van der Waals surface area (Å²) >= 11 is 0. The number of hydrogen-bond donors (Lipinski definition) is 0. The van der Waals surface area contributed by atoms with E-state index in [1.54, 1.807) is 12.1 Å². The van der Waals surface area contributed by atoms with Crippen molar-refractivity contribution in [3.05, 3.63) is 82.8 Å². The second-order valence-corrected chi connectivity index (χ2v) is 7.83. The molecule has 1 aliphatic carbocycles. The maximum Gasteiger partial charge on any atom is 0.123 e. The lowest BCUT2D eigenvalue weighted by atomic mass is 9.87. The van der Waals surface area contributed by atoms with Gasteiger partial charge in [-0.15, -0.1) is 0 Å². The van der Waals surface area contributed by atoms with Crippen LogP contribution in [0.1, 0.15) is 40.6 Å². The molecule has 2 nitrogen and oxygen atoms in total. The molecule has 0 spiro atoms. The minimum atomic E-state index is -0.133. The summed E-state index contributed by atoms with van der Waals surface area (Å²) in [5.41, 5.74) is 6.42. The van der Waals surface area contributed by atoms with Crippen LogP contribution in [-0.4, -0.2) is 36.0 Å². The van der Waals surface area contributed by atoms with E-state index < -0.39 is 0 Å². The summed E-state index contributed by atoms with van der Waals surface area (Å²) in [6.07, 6.45) is 2.00. The summed E-state index contributed by atoms with van der Waals surface area (Å²) in [7, 11) is 2.16. The Morgan fingerprint density at radius 3 is 2.76 bits per heavy atom. The summed E-state index contributed by atoms with van der Waals surface area (Å²) in [4.78, 5) is 4.86. The molecule has 0 saturated carbocycles. The monoisotopic (exact) mass is 334 g/mol. The fraction of sp³-hybridized carbons (Fsp3) is 0.364. The first-order valence-corrected chi connectivity index (χ1v) is 9.12. The molecule has 0 amide bonds. The van der Waals surface area contributed by atoms with Gasteiger partial charge in [0.15, 0.2) is 0 Å². The van der Waals surface area contributed by atoms with Crippen molar-refractivity contribution >= 4 is 0 Å². The molecular weight excluding hydrogens is 311 g/mol. The maximum absolute atomic E-state index is 14.1. The first-order valence-electron chi connectivity index (χ1n) is 9.12. The van der Waals surface area contributed by atoms with Crippen LogP contribution in [0.15, 0.2) is 54.7 Å². The topological polar surface area (TPSA) is 6.48 Å². The Labute approximate surface area is 148 Å². The zero-order chi connectivity index (χ0) is 17.1. The van der Waals surface area contributed by atoms with Gasteiger partial charge in [-0.1, -0.05) is 36.9 Å². The van der Waals surface area contributed by atoms with E-state index in [1.165, 1.54) is 22.4 Å². The van der Waals surface area contributed by atoms with Gasteiger partial charge in [0.2, 0.25) is 0 Å². The molecule has 3 aliphatic rings. The Balaban J connectivity index is 1.72. The molecule has 3 atom stereocenters. The zero-order valence-electron chi connectivity index (χ0n) is 14.6. The molecule has 0 bridgehead atoms. The Kier molecular flexibility index (Phi) is 3.29. The second-order valence-electron chi connectivity index (χ2n) is 7.83. The quantitative estimate of drug-likeness (QED) is 0.716. The SMILES string of the molecule is C=C1CN(C)C[C@H]2C[C@@H]3c4ccccc4Cc4ccc(F)cc4[C@H]3N12. The van der Waals surface area contributed by atoms with Gasteiger partial charge in [-0.3, -0.25) is 4.90 Å². The molecule has 2 fully saturated rings. The number of hydrogen-bond acceptors (Lipinski definition) is 2. The van der Waals surface area contributed by atoms with Crippen LogP contribution < -0.4 is 0 Å².